The number of carbonyl (C=O) groups is 1. The van der Waals surface area contributed by atoms with Gasteiger partial charge in [-0.05, 0) is 30.5 Å². The SMILES string of the molecule is CN(C)C(=O)c1ccc(CN=C(N)NC2CCCCCC2)cc1. The molecule has 1 saturated carbocycles. The van der Waals surface area contributed by atoms with Gasteiger partial charge in [0.1, 0.15) is 0 Å². The van der Waals surface area contributed by atoms with Crippen LogP contribution in [-0.4, -0.2) is 36.9 Å². The van der Waals surface area contributed by atoms with Gasteiger partial charge in [-0.15, -0.1) is 0 Å². The van der Waals surface area contributed by atoms with Crippen molar-refractivity contribution in [1.29, 1.82) is 0 Å². The van der Waals surface area contributed by atoms with Gasteiger partial charge in [-0.3, -0.25) is 4.79 Å². The second-order valence-corrected chi connectivity index (χ2v) is 6.43. The van der Waals surface area contributed by atoms with Gasteiger partial charge >= 0.3 is 0 Å². The molecule has 0 atom stereocenters. The fourth-order valence-electron chi connectivity index (χ4n) is 2.87. The fraction of sp³-hybridized carbons (Fsp3) is 0.556. The number of carbonyl (C=O) groups excluding carboxylic acids is 1. The first kappa shape index (κ1) is 17.3. The zero-order chi connectivity index (χ0) is 16.7. The van der Waals surface area contributed by atoms with Gasteiger partial charge in [-0.2, -0.15) is 0 Å². The average molecular weight is 316 g/mol. The molecular formula is C18H28N4O. The van der Waals surface area contributed by atoms with Crippen LogP contribution < -0.4 is 11.1 Å². The molecule has 1 fully saturated rings. The maximum Gasteiger partial charge on any atom is 0.253 e. The lowest BCUT2D eigenvalue weighted by atomic mass is 10.1. The Morgan fingerprint density at radius 2 is 1.78 bits per heavy atom. The van der Waals surface area contributed by atoms with Crippen molar-refractivity contribution < 1.29 is 4.79 Å². The molecule has 1 aromatic rings. The van der Waals surface area contributed by atoms with Gasteiger partial charge in [-0.25, -0.2) is 4.99 Å². The maximum absolute atomic E-state index is 11.8. The molecule has 0 bridgehead atoms. The minimum Gasteiger partial charge on any atom is -0.370 e. The average Bonchev–Trinajstić information content (AvgIpc) is 2.81. The standard InChI is InChI=1S/C18H28N4O/c1-22(2)17(23)15-11-9-14(10-12-15)13-20-18(19)21-16-7-5-3-4-6-8-16/h9-12,16H,3-8,13H2,1-2H3,(H3,19,20,21). The molecule has 2 rings (SSSR count). The van der Waals surface area contributed by atoms with E-state index in [-0.39, 0.29) is 5.91 Å². The smallest absolute Gasteiger partial charge is 0.253 e. The zero-order valence-electron chi connectivity index (χ0n) is 14.2. The number of hydrogen-bond donors (Lipinski definition) is 2. The molecule has 1 aromatic carbocycles. The number of nitrogens with two attached hydrogens (primary N) is 1. The van der Waals surface area contributed by atoms with Crippen molar-refractivity contribution in [2.75, 3.05) is 14.1 Å². The Hall–Kier alpha value is -2.04. The van der Waals surface area contributed by atoms with Crippen LogP contribution in [-0.2, 0) is 6.54 Å². The lowest BCUT2D eigenvalue weighted by Crippen LogP contribution is -2.39. The van der Waals surface area contributed by atoms with Crippen molar-refractivity contribution in [1.82, 2.24) is 10.2 Å². The summed E-state index contributed by atoms with van der Waals surface area (Å²) in [6.45, 7) is 0.530. The molecule has 5 heteroatoms. The molecule has 0 aromatic heterocycles. The van der Waals surface area contributed by atoms with Crippen molar-refractivity contribution in [3.63, 3.8) is 0 Å². The van der Waals surface area contributed by atoms with E-state index in [1.807, 2.05) is 24.3 Å². The fourth-order valence-corrected chi connectivity index (χ4v) is 2.87. The zero-order valence-corrected chi connectivity index (χ0v) is 14.2. The van der Waals surface area contributed by atoms with E-state index in [1.54, 1.807) is 19.0 Å². The van der Waals surface area contributed by atoms with Crippen molar-refractivity contribution in [3.8, 4) is 0 Å². The van der Waals surface area contributed by atoms with E-state index in [0.29, 0.717) is 24.1 Å². The predicted octanol–water partition coefficient (Wildman–Crippen LogP) is 2.52. The lowest BCUT2D eigenvalue weighted by Gasteiger charge is -2.16. The number of nitrogens with zero attached hydrogens (tertiary/aromatic N) is 2. The first-order valence-electron chi connectivity index (χ1n) is 8.43. The second kappa shape index (κ2) is 8.56. The van der Waals surface area contributed by atoms with Gasteiger partial charge in [0, 0.05) is 25.7 Å². The van der Waals surface area contributed by atoms with Crippen LogP contribution in [0.3, 0.4) is 0 Å². The predicted molar refractivity (Wildman–Crippen MR) is 94.4 cm³/mol. The summed E-state index contributed by atoms with van der Waals surface area (Å²) in [5, 5.41) is 3.34. The van der Waals surface area contributed by atoms with Gasteiger partial charge in [-0.1, -0.05) is 37.8 Å². The number of hydrogen-bond acceptors (Lipinski definition) is 2. The summed E-state index contributed by atoms with van der Waals surface area (Å²) in [6, 6.07) is 7.99. The number of nitrogens with one attached hydrogen (secondary N) is 1. The third kappa shape index (κ3) is 5.58. The van der Waals surface area contributed by atoms with Crippen LogP contribution in [0.2, 0.25) is 0 Å². The molecule has 1 aliphatic rings. The van der Waals surface area contributed by atoms with Gasteiger partial charge < -0.3 is 16.0 Å². The van der Waals surface area contributed by atoms with Crippen LogP contribution in [0.4, 0.5) is 0 Å². The number of benzene rings is 1. The van der Waals surface area contributed by atoms with Crippen molar-refractivity contribution in [3.05, 3.63) is 35.4 Å². The maximum atomic E-state index is 11.8. The normalized spacial score (nSPS) is 16.7. The van der Waals surface area contributed by atoms with E-state index in [2.05, 4.69) is 10.3 Å². The number of rotatable bonds is 4. The summed E-state index contributed by atoms with van der Waals surface area (Å²) >= 11 is 0. The summed E-state index contributed by atoms with van der Waals surface area (Å²) in [6.07, 6.45) is 7.55. The van der Waals surface area contributed by atoms with Crippen LogP contribution in [0.15, 0.2) is 29.3 Å². The Labute approximate surface area is 139 Å². The van der Waals surface area contributed by atoms with E-state index in [4.69, 9.17) is 5.73 Å². The number of aliphatic imine (C=N–C) groups is 1. The number of guanidine groups is 1. The van der Waals surface area contributed by atoms with Crippen LogP contribution in [0.1, 0.15) is 54.4 Å². The van der Waals surface area contributed by atoms with Crippen molar-refractivity contribution in [2.45, 2.75) is 51.1 Å². The summed E-state index contributed by atoms with van der Waals surface area (Å²) < 4.78 is 0. The Morgan fingerprint density at radius 1 is 1.17 bits per heavy atom. The minimum atomic E-state index is 0.00888. The van der Waals surface area contributed by atoms with Crippen LogP contribution >= 0.6 is 0 Å². The topological polar surface area (TPSA) is 70.7 Å². The molecule has 0 unspecified atom stereocenters. The Morgan fingerprint density at radius 3 is 2.35 bits per heavy atom. The summed E-state index contributed by atoms with van der Waals surface area (Å²) in [5.41, 5.74) is 7.73. The third-order valence-electron chi connectivity index (χ3n) is 4.25. The molecule has 3 N–H and O–H groups in total. The molecule has 126 valence electrons. The molecular weight excluding hydrogens is 288 g/mol. The minimum absolute atomic E-state index is 0.00888. The molecule has 0 heterocycles. The van der Waals surface area contributed by atoms with Crippen LogP contribution in [0.5, 0.6) is 0 Å². The molecule has 5 nitrogen and oxygen atoms in total. The third-order valence-corrected chi connectivity index (χ3v) is 4.25. The van der Waals surface area contributed by atoms with E-state index < -0.39 is 0 Å². The number of amides is 1. The first-order valence-corrected chi connectivity index (χ1v) is 8.43. The molecule has 0 spiro atoms. The molecule has 0 aliphatic heterocycles. The van der Waals surface area contributed by atoms with E-state index >= 15 is 0 Å². The Bertz CT molecular complexity index is 528. The molecule has 0 radical (unpaired) electrons. The highest BCUT2D eigenvalue weighted by molar-refractivity contribution is 5.93. The second-order valence-electron chi connectivity index (χ2n) is 6.43. The molecule has 0 saturated heterocycles. The Balaban J connectivity index is 1.87. The van der Waals surface area contributed by atoms with E-state index in [1.165, 1.54) is 38.5 Å². The summed E-state index contributed by atoms with van der Waals surface area (Å²) in [7, 11) is 3.50. The lowest BCUT2D eigenvalue weighted by molar-refractivity contribution is 0.0827. The van der Waals surface area contributed by atoms with E-state index in [9.17, 15) is 4.79 Å². The summed E-state index contributed by atoms with van der Waals surface area (Å²) in [4.78, 5) is 17.8. The molecule has 23 heavy (non-hydrogen) atoms. The van der Waals surface area contributed by atoms with Crippen LogP contribution in [0.25, 0.3) is 0 Å². The van der Waals surface area contributed by atoms with Crippen molar-refractivity contribution >= 4 is 11.9 Å². The van der Waals surface area contributed by atoms with Gasteiger partial charge in [0.15, 0.2) is 5.96 Å². The summed E-state index contributed by atoms with van der Waals surface area (Å²) in [5.74, 6) is 0.528. The van der Waals surface area contributed by atoms with Gasteiger partial charge in [0.05, 0.1) is 6.54 Å². The van der Waals surface area contributed by atoms with Gasteiger partial charge in [0.25, 0.3) is 5.91 Å². The molecule has 1 aliphatic carbocycles. The highest BCUT2D eigenvalue weighted by Crippen LogP contribution is 2.17. The largest absolute Gasteiger partial charge is 0.370 e. The highest BCUT2D eigenvalue weighted by atomic mass is 16.2. The van der Waals surface area contributed by atoms with Gasteiger partial charge in [0.2, 0.25) is 0 Å². The monoisotopic (exact) mass is 316 g/mol. The highest BCUT2D eigenvalue weighted by Gasteiger charge is 2.12. The van der Waals surface area contributed by atoms with Crippen molar-refractivity contribution in [2.24, 2.45) is 10.7 Å². The van der Waals surface area contributed by atoms with Crippen LogP contribution in [0, 0.1) is 0 Å². The molecule has 1 amide bonds. The Kier molecular flexibility index (Phi) is 6.44. The quantitative estimate of drug-likeness (QED) is 0.509. The van der Waals surface area contributed by atoms with E-state index in [0.717, 1.165) is 5.56 Å². The first-order chi connectivity index (χ1) is 11.1.